The van der Waals surface area contributed by atoms with Crippen molar-refractivity contribution in [1.82, 2.24) is 5.32 Å². The normalized spacial score (nSPS) is 12.4. The van der Waals surface area contributed by atoms with Gasteiger partial charge in [0.1, 0.15) is 17.2 Å². The van der Waals surface area contributed by atoms with Gasteiger partial charge < -0.3 is 14.6 Å². The van der Waals surface area contributed by atoms with Gasteiger partial charge in [-0.3, -0.25) is 0 Å². The highest BCUT2D eigenvalue weighted by atomic mass is 19.1. The summed E-state index contributed by atoms with van der Waals surface area (Å²) in [5, 5.41) is 4.43. The second-order valence-corrected chi connectivity index (χ2v) is 9.29. The quantitative estimate of drug-likeness (QED) is 0.223. The maximum Gasteiger partial charge on any atom is 0.140 e. The van der Waals surface area contributed by atoms with Crippen LogP contribution in [0.3, 0.4) is 0 Å². The molecule has 194 valence electrons. The van der Waals surface area contributed by atoms with Gasteiger partial charge in [-0.05, 0) is 62.4 Å². The van der Waals surface area contributed by atoms with Gasteiger partial charge in [-0.15, -0.1) is 13.2 Å². The lowest BCUT2D eigenvalue weighted by Gasteiger charge is -2.29. The number of halogens is 1. The third-order valence-corrected chi connectivity index (χ3v) is 7.14. The lowest BCUT2D eigenvalue weighted by molar-refractivity contribution is 0.601. The highest BCUT2D eigenvalue weighted by Gasteiger charge is 2.24. The van der Waals surface area contributed by atoms with Crippen LogP contribution in [0.4, 0.5) is 10.1 Å². The van der Waals surface area contributed by atoms with E-state index >= 15 is 0 Å². The predicted molar refractivity (Wildman–Crippen MR) is 159 cm³/mol. The van der Waals surface area contributed by atoms with Crippen LogP contribution in [0.5, 0.6) is 0 Å². The number of rotatable bonds is 7. The highest BCUT2D eigenvalue weighted by molar-refractivity contribution is 5.97. The zero-order chi connectivity index (χ0) is 27.2. The van der Waals surface area contributed by atoms with Gasteiger partial charge in [0.05, 0.1) is 6.04 Å². The summed E-state index contributed by atoms with van der Waals surface area (Å²) in [6, 6.07) is 32.1. The average Bonchev–Trinajstić information content (AvgIpc) is 3.36. The number of fused-ring (bicyclic) bond motifs is 1. The van der Waals surface area contributed by atoms with E-state index in [9.17, 15) is 4.39 Å². The predicted octanol–water partition coefficient (Wildman–Crippen LogP) is 9.19. The molecule has 0 amide bonds. The van der Waals surface area contributed by atoms with Crippen LogP contribution in [0.25, 0.3) is 33.4 Å². The zero-order valence-corrected chi connectivity index (χ0v) is 22.5. The number of anilines is 1. The van der Waals surface area contributed by atoms with Gasteiger partial charge in [0, 0.05) is 46.9 Å². The molecule has 2 atom stereocenters. The third kappa shape index (κ3) is 5.27. The molecule has 0 radical (unpaired) electrons. The Balaban J connectivity index is 0.00000164. The fourth-order valence-corrected chi connectivity index (χ4v) is 4.85. The van der Waals surface area contributed by atoms with E-state index in [-0.39, 0.29) is 17.9 Å². The van der Waals surface area contributed by atoms with Gasteiger partial charge in [-0.1, -0.05) is 60.7 Å². The fraction of sp³-hybridized carbons (Fsp3) is 0.176. The molecule has 0 bridgehead atoms. The molecule has 3 nitrogen and oxygen atoms in total. The van der Waals surface area contributed by atoms with Crippen molar-refractivity contribution in [1.29, 1.82) is 0 Å². The molecule has 1 heterocycles. The largest absolute Gasteiger partial charge is 0.456 e. The molecule has 0 saturated heterocycles. The zero-order valence-electron chi connectivity index (χ0n) is 22.5. The van der Waals surface area contributed by atoms with Gasteiger partial charge in [-0.2, -0.15) is 0 Å². The minimum Gasteiger partial charge on any atom is -0.456 e. The van der Waals surface area contributed by atoms with Crippen LogP contribution in [0.2, 0.25) is 0 Å². The monoisotopic (exact) mass is 506 g/mol. The first-order valence-electron chi connectivity index (χ1n) is 12.8. The number of hydrogen-bond acceptors (Lipinski definition) is 3. The molecule has 0 aliphatic heterocycles. The van der Waals surface area contributed by atoms with Crippen LogP contribution in [0, 0.1) is 5.82 Å². The molecular weight excluding hydrogens is 471 g/mol. The molecule has 4 aromatic carbocycles. The van der Waals surface area contributed by atoms with Crippen LogP contribution in [0.15, 0.2) is 115 Å². The van der Waals surface area contributed by atoms with Crippen molar-refractivity contribution in [3.8, 4) is 22.5 Å². The van der Waals surface area contributed by atoms with Gasteiger partial charge >= 0.3 is 0 Å². The van der Waals surface area contributed by atoms with E-state index in [2.05, 4.69) is 105 Å². The first kappa shape index (κ1) is 26.9. The van der Waals surface area contributed by atoms with Gasteiger partial charge in [0.2, 0.25) is 0 Å². The molecule has 0 saturated carbocycles. The number of furan rings is 1. The number of nitrogens with zero attached hydrogens (tertiary/aromatic N) is 1. The molecule has 5 rings (SSSR count). The molecule has 1 aromatic heterocycles. The Hall–Kier alpha value is -4.15. The SMILES string of the molecule is C=C.CNC(C)c1c(-c2ccc(F)cc2)oc2cc(N(C)C(C)c3ccccc3)c(-c3ccccc3)cc12. The number of benzene rings is 4. The standard InChI is InChI=1S/C32H31FN2O.C2H4/c1-21(34-3)31-28-19-27(24-13-9-6-10-14-24)29(35(4)22(2)23-11-7-5-8-12-23)20-30(28)36-32(31)25-15-17-26(33)18-16-25;1-2/h5-22,34H,1-4H3;1-2H2. The Morgan fingerprint density at radius 2 is 1.42 bits per heavy atom. The second kappa shape index (κ2) is 11.9. The van der Waals surface area contributed by atoms with E-state index < -0.39 is 0 Å². The summed E-state index contributed by atoms with van der Waals surface area (Å²) in [4.78, 5) is 2.30. The van der Waals surface area contributed by atoms with Crippen LogP contribution < -0.4 is 10.2 Å². The van der Waals surface area contributed by atoms with Crippen molar-refractivity contribution < 1.29 is 8.81 Å². The van der Waals surface area contributed by atoms with Crippen molar-refractivity contribution in [2.24, 2.45) is 0 Å². The maximum atomic E-state index is 13.7. The third-order valence-electron chi connectivity index (χ3n) is 7.14. The lowest BCUT2D eigenvalue weighted by Crippen LogP contribution is -2.22. The topological polar surface area (TPSA) is 28.4 Å². The summed E-state index contributed by atoms with van der Waals surface area (Å²) in [5.41, 5.74) is 7.37. The Kier molecular flexibility index (Phi) is 8.45. The van der Waals surface area contributed by atoms with Crippen LogP contribution in [-0.4, -0.2) is 14.1 Å². The molecule has 1 N–H and O–H groups in total. The molecule has 0 aliphatic carbocycles. The minimum absolute atomic E-state index is 0.0433. The Labute approximate surface area is 225 Å². The molecule has 0 fully saturated rings. The summed E-state index contributed by atoms with van der Waals surface area (Å²) < 4.78 is 20.2. The minimum atomic E-state index is -0.261. The van der Waals surface area contributed by atoms with E-state index in [1.807, 2.05) is 19.2 Å². The van der Waals surface area contributed by atoms with Crippen molar-refractivity contribution in [3.63, 3.8) is 0 Å². The Morgan fingerprint density at radius 3 is 2.03 bits per heavy atom. The Morgan fingerprint density at radius 1 is 0.816 bits per heavy atom. The summed E-state index contributed by atoms with van der Waals surface area (Å²) in [5.74, 6) is 0.505. The molecule has 5 aromatic rings. The summed E-state index contributed by atoms with van der Waals surface area (Å²) in [6.45, 7) is 10.3. The molecule has 4 heteroatoms. The van der Waals surface area contributed by atoms with Crippen molar-refractivity contribution >= 4 is 16.7 Å². The first-order chi connectivity index (χ1) is 18.5. The molecule has 2 unspecified atom stereocenters. The summed E-state index contributed by atoms with van der Waals surface area (Å²) in [7, 11) is 4.08. The number of hydrogen-bond donors (Lipinski definition) is 1. The molecule has 0 spiro atoms. The smallest absolute Gasteiger partial charge is 0.140 e. The van der Waals surface area contributed by atoms with Crippen molar-refractivity contribution in [2.45, 2.75) is 25.9 Å². The average molecular weight is 507 g/mol. The molecular formula is C34H35FN2O. The van der Waals surface area contributed by atoms with E-state index in [1.165, 1.54) is 17.7 Å². The fourth-order valence-electron chi connectivity index (χ4n) is 4.85. The summed E-state index contributed by atoms with van der Waals surface area (Å²) >= 11 is 0. The van der Waals surface area contributed by atoms with Gasteiger partial charge in [0.15, 0.2) is 0 Å². The van der Waals surface area contributed by atoms with Crippen LogP contribution >= 0.6 is 0 Å². The van der Waals surface area contributed by atoms with E-state index in [0.717, 1.165) is 44.7 Å². The maximum absolute atomic E-state index is 13.7. The van der Waals surface area contributed by atoms with E-state index in [4.69, 9.17) is 4.42 Å². The van der Waals surface area contributed by atoms with E-state index in [0.29, 0.717) is 0 Å². The van der Waals surface area contributed by atoms with E-state index in [1.54, 1.807) is 12.1 Å². The second-order valence-electron chi connectivity index (χ2n) is 9.29. The lowest BCUT2D eigenvalue weighted by atomic mass is 9.95. The van der Waals surface area contributed by atoms with Gasteiger partial charge in [-0.25, -0.2) is 4.39 Å². The first-order valence-corrected chi connectivity index (χ1v) is 12.8. The molecule has 38 heavy (non-hydrogen) atoms. The van der Waals surface area contributed by atoms with Crippen molar-refractivity contribution in [3.05, 3.63) is 127 Å². The van der Waals surface area contributed by atoms with Gasteiger partial charge in [0.25, 0.3) is 0 Å². The summed E-state index contributed by atoms with van der Waals surface area (Å²) in [6.07, 6.45) is 0. The van der Waals surface area contributed by atoms with Crippen LogP contribution in [0.1, 0.15) is 37.1 Å². The van der Waals surface area contributed by atoms with Crippen LogP contribution in [-0.2, 0) is 0 Å². The molecule has 0 aliphatic rings. The van der Waals surface area contributed by atoms with Crippen molar-refractivity contribution in [2.75, 3.05) is 19.0 Å². The Bertz CT molecular complexity index is 1480. The highest BCUT2D eigenvalue weighted by Crippen LogP contribution is 2.44. The number of nitrogens with one attached hydrogen (secondary N) is 1.